The Kier molecular flexibility index (Phi) is 20.1. The highest BCUT2D eigenvalue weighted by atomic mass is 15.1. The highest BCUT2D eigenvalue weighted by Crippen LogP contribution is 2.14. The van der Waals surface area contributed by atoms with Crippen LogP contribution in [0.4, 0.5) is 0 Å². The van der Waals surface area contributed by atoms with Crippen molar-refractivity contribution in [2.24, 2.45) is 0 Å². The van der Waals surface area contributed by atoms with Crippen molar-refractivity contribution < 1.29 is 4.57 Å². The monoisotopic (exact) mass is 447 g/mol. The van der Waals surface area contributed by atoms with Crippen LogP contribution in [0.3, 0.4) is 0 Å². The van der Waals surface area contributed by atoms with E-state index in [1.807, 2.05) is 0 Å². The highest BCUT2D eigenvalue weighted by Gasteiger charge is 2.16. The van der Waals surface area contributed by atoms with Gasteiger partial charge in [-0.3, -0.25) is 0 Å². The summed E-state index contributed by atoms with van der Waals surface area (Å²) in [5, 5.41) is 0. The first-order valence-electron chi connectivity index (χ1n) is 14.9. The van der Waals surface area contributed by atoms with Gasteiger partial charge < -0.3 is 0 Å². The molecule has 1 heterocycles. The Hall–Kier alpha value is -0.790. The Labute approximate surface area is 202 Å². The highest BCUT2D eigenvalue weighted by molar-refractivity contribution is 4.84. The molecule has 0 radical (unpaired) electrons. The van der Waals surface area contributed by atoms with Gasteiger partial charge in [-0.05, 0) is 25.7 Å². The van der Waals surface area contributed by atoms with Gasteiger partial charge in [-0.1, -0.05) is 130 Å². The molecule has 1 aromatic heterocycles. The van der Waals surface area contributed by atoms with E-state index in [-0.39, 0.29) is 0 Å². The zero-order valence-corrected chi connectivity index (χ0v) is 22.5. The van der Waals surface area contributed by atoms with Gasteiger partial charge in [0.1, 0.15) is 12.4 Å². The van der Waals surface area contributed by atoms with Crippen molar-refractivity contribution in [2.45, 2.75) is 175 Å². The SMILES string of the molecule is CCCCCCCCCCCCCc1n(CCCCCCCCCC)cc[n+]1CCCC. The first-order valence-corrected chi connectivity index (χ1v) is 14.9. The maximum absolute atomic E-state index is 2.59. The van der Waals surface area contributed by atoms with Gasteiger partial charge in [0.25, 0.3) is 5.82 Å². The Morgan fingerprint density at radius 2 is 0.969 bits per heavy atom. The largest absolute Gasteiger partial charge is 0.256 e. The molecular weight excluding hydrogens is 388 g/mol. The number of rotatable bonds is 24. The fourth-order valence-corrected chi connectivity index (χ4v) is 4.88. The fourth-order valence-electron chi connectivity index (χ4n) is 4.88. The first kappa shape index (κ1) is 29.2. The molecule has 0 aromatic carbocycles. The van der Waals surface area contributed by atoms with E-state index in [4.69, 9.17) is 0 Å². The lowest BCUT2D eigenvalue weighted by Gasteiger charge is -2.06. The molecule has 1 rings (SSSR count). The van der Waals surface area contributed by atoms with Crippen LogP contribution in [0.2, 0.25) is 0 Å². The Bertz CT molecular complexity index is 505. The van der Waals surface area contributed by atoms with Crippen molar-refractivity contribution in [3.8, 4) is 0 Å². The number of hydrogen-bond donors (Lipinski definition) is 0. The second-order valence-electron chi connectivity index (χ2n) is 10.2. The Morgan fingerprint density at radius 1 is 0.531 bits per heavy atom. The number of aromatic nitrogens is 2. The fraction of sp³-hybridized carbons (Fsp3) is 0.900. The van der Waals surface area contributed by atoms with Crippen LogP contribution in [0.1, 0.15) is 161 Å². The van der Waals surface area contributed by atoms with E-state index in [9.17, 15) is 0 Å². The molecule has 0 unspecified atom stereocenters. The molecule has 32 heavy (non-hydrogen) atoms. The van der Waals surface area contributed by atoms with Crippen LogP contribution in [0.15, 0.2) is 12.4 Å². The predicted molar refractivity (Wildman–Crippen MR) is 142 cm³/mol. The molecule has 0 N–H and O–H groups in total. The molecule has 0 aliphatic carbocycles. The van der Waals surface area contributed by atoms with E-state index >= 15 is 0 Å². The Balaban J connectivity index is 2.23. The minimum absolute atomic E-state index is 1.20. The van der Waals surface area contributed by atoms with Crippen LogP contribution < -0.4 is 4.57 Å². The molecule has 188 valence electrons. The molecule has 0 bridgehead atoms. The summed E-state index contributed by atoms with van der Waals surface area (Å²) in [5.41, 5.74) is 0. The molecular formula is C30H59N2+. The third kappa shape index (κ3) is 15.1. The van der Waals surface area contributed by atoms with Crippen molar-refractivity contribution in [2.75, 3.05) is 0 Å². The average Bonchev–Trinajstić information content (AvgIpc) is 3.19. The summed E-state index contributed by atoms with van der Waals surface area (Å²) in [6.45, 7) is 9.34. The van der Waals surface area contributed by atoms with E-state index in [1.54, 1.807) is 5.82 Å². The zero-order chi connectivity index (χ0) is 23.1. The van der Waals surface area contributed by atoms with E-state index in [0.29, 0.717) is 0 Å². The van der Waals surface area contributed by atoms with Gasteiger partial charge in [0.15, 0.2) is 0 Å². The molecule has 0 fully saturated rings. The van der Waals surface area contributed by atoms with Gasteiger partial charge in [0.2, 0.25) is 0 Å². The smallest absolute Gasteiger partial charge is 0.234 e. The summed E-state index contributed by atoms with van der Waals surface area (Å²) < 4.78 is 5.15. The van der Waals surface area contributed by atoms with E-state index in [2.05, 4.69) is 42.3 Å². The molecule has 0 saturated carbocycles. The molecule has 1 aromatic rings. The van der Waals surface area contributed by atoms with Crippen LogP contribution in [0, 0.1) is 0 Å². The lowest BCUT2D eigenvalue weighted by molar-refractivity contribution is -0.704. The molecule has 0 amide bonds. The normalized spacial score (nSPS) is 11.5. The lowest BCUT2D eigenvalue weighted by atomic mass is 10.1. The van der Waals surface area contributed by atoms with Crippen molar-refractivity contribution in [3.63, 3.8) is 0 Å². The minimum Gasteiger partial charge on any atom is -0.234 e. The third-order valence-electron chi connectivity index (χ3n) is 7.10. The van der Waals surface area contributed by atoms with Crippen molar-refractivity contribution >= 4 is 0 Å². The maximum atomic E-state index is 2.59. The average molecular weight is 448 g/mol. The van der Waals surface area contributed by atoms with Gasteiger partial charge in [-0.15, -0.1) is 0 Å². The van der Waals surface area contributed by atoms with Gasteiger partial charge in [0, 0.05) is 6.42 Å². The van der Waals surface area contributed by atoms with Gasteiger partial charge in [0.05, 0.1) is 13.1 Å². The quantitative estimate of drug-likeness (QED) is 0.110. The van der Waals surface area contributed by atoms with E-state index < -0.39 is 0 Å². The first-order chi connectivity index (χ1) is 15.8. The standard InChI is InChI=1S/C30H59N2/c1-4-7-10-12-14-16-17-18-19-21-23-25-30-31(26-9-6-3)28-29-32(30)27-24-22-20-15-13-11-8-5-2/h28-29H,4-27H2,1-3H3/q+1. The van der Waals surface area contributed by atoms with Gasteiger partial charge in [-0.25, -0.2) is 9.13 Å². The molecule has 2 heteroatoms. The second kappa shape index (κ2) is 22.0. The summed E-state index contributed by atoms with van der Waals surface area (Å²) >= 11 is 0. The topological polar surface area (TPSA) is 8.81 Å². The van der Waals surface area contributed by atoms with Crippen molar-refractivity contribution in [1.82, 2.24) is 4.57 Å². The molecule has 2 nitrogen and oxygen atoms in total. The molecule has 0 aliphatic rings. The van der Waals surface area contributed by atoms with Gasteiger partial charge >= 0.3 is 0 Å². The molecule has 0 saturated heterocycles. The predicted octanol–water partition coefficient (Wildman–Crippen LogP) is 9.57. The molecule has 0 aliphatic heterocycles. The lowest BCUT2D eigenvalue weighted by Crippen LogP contribution is -2.37. The number of imidazole rings is 1. The summed E-state index contributed by atoms with van der Waals surface area (Å²) in [4.78, 5) is 0. The number of aryl methyl sites for hydroxylation is 2. The van der Waals surface area contributed by atoms with Crippen molar-refractivity contribution in [3.05, 3.63) is 18.2 Å². The Morgan fingerprint density at radius 3 is 1.47 bits per heavy atom. The molecule has 0 spiro atoms. The van der Waals surface area contributed by atoms with Gasteiger partial charge in [-0.2, -0.15) is 0 Å². The van der Waals surface area contributed by atoms with E-state index in [1.165, 1.54) is 154 Å². The summed E-state index contributed by atoms with van der Waals surface area (Å²) in [6.07, 6.45) is 35.6. The third-order valence-corrected chi connectivity index (χ3v) is 7.10. The number of hydrogen-bond acceptors (Lipinski definition) is 0. The van der Waals surface area contributed by atoms with Crippen LogP contribution >= 0.6 is 0 Å². The number of unbranched alkanes of at least 4 members (excludes halogenated alkanes) is 18. The van der Waals surface area contributed by atoms with Crippen LogP contribution in [0.25, 0.3) is 0 Å². The van der Waals surface area contributed by atoms with Crippen LogP contribution in [-0.2, 0) is 19.5 Å². The maximum Gasteiger partial charge on any atom is 0.256 e. The van der Waals surface area contributed by atoms with Crippen LogP contribution in [0.5, 0.6) is 0 Å². The summed E-state index contributed by atoms with van der Waals surface area (Å²) in [5.74, 6) is 1.59. The second-order valence-corrected chi connectivity index (χ2v) is 10.2. The number of nitrogens with zero attached hydrogens (tertiary/aromatic N) is 2. The summed E-state index contributed by atoms with van der Waals surface area (Å²) in [6, 6.07) is 0. The minimum atomic E-state index is 1.20. The summed E-state index contributed by atoms with van der Waals surface area (Å²) in [7, 11) is 0. The zero-order valence-electron chi connectivity index (χ0n) is 22.5. The van der Waals surface area contributed by atoms with Crippen LogP contribution in [-0.4, -0.2) is 4.57 Å². The molecule has 0 atom stereocenters. The van der Waals surface area contributed by atoms with E-state index in [0.717, 1.165) is 0 Å². The van der Waals surface area contributed by atoms with Crippen molar-refractivity contribution in [1.29, 1.82) is 0 Å².